The Hall–Kier alpha value is -0.0800. The predicted molar refractivity (Wildman–Crippen MR) is 92.7 cm³/mol. The van der Waals surface area contributed by atoms with Gasteiger partial charge in [-0.1, -0.05) is 40.5 Å². The molecule has 4 atom stereocenters. The molecular weight excluding hydrogens is 256 g/mol. The molecule has 2 fully saturated rings. The highest BCUT2D eigenvalue weighted by Gasteiger charge is 2.37. The van der Waals surface area contributed by atoms with E-state index in [0.717, 1.165) is 36.5 Å². The van der Waals surface area contributed by atoms with Gasteiger partial charge < -0.3 is 5.32 Å². The summed E-state index contributed by atoms with van der Waals surface area (Å²) in [5.74, 6) is 1.78. The molecule has 1 saturated heterocycles. The van der Waals surface area contributed by atoms with Gasteiger partial charge in [0.25, 0.3) is 0 Å². The molecular formula is C19H38N2. The van der Waals surface area contributed by atoms with Crippen LogP contribution in [0.3, 0.4) is 0 Å². The van der Waals surface area contributed by atoms with E-state index >= 15 is 0 Å². The lowest BCUT2D eigenvalue weighted by Crippen LogP contribution is -2.56. The Morgan fingerprint density at radius 2 is 1.86 bits per heavy atom. The fourth-order valence-electron chi connectivity index (χ4n) is 4.73. The van der Waals surface area contributed by atoms with Crippen molar-refractivity contribution in [3.05, 3.63) is 0 Å². The Balaban J connectivity index is 2.12. The first-order valence-corrected chi connectivity index (χ1v) is 9.66. The van der Waals surface area contributed by atoms with Crippen LogP contribution in [0, 0.1) is 11.8 Å². The zero-order chi connectivity index (χ0) is 15.2. The van der Waals surface area contributed by atoms with Gasteiger partial charge in [-0.25, -0.2) is 0 Å². The molecule has 4 unspecified atom stereocenters. The zero-order valence-electron chi connectivity index (χ0n) is 14.9. The molecule has 1 aliphatic carbocycles. The highest BCUT2D eigenvalue weighted by Crippen LogP contribution is 2.35. The van der Waals surface area contributed by atoms with E-state index in [1.807, 2.05) is 0 Å². The number of nitrogens with zero attached hydrogens (tertiary/aromatic N) is 1. The second-order valence-electron chi connectivity index (χ2n) is 7.70. The van der Waals surface area contributed by atoms with Crippen LogP contribution in [0.2, 0.25) is 0 Å². The molecule has 2 nitrogen and oxygen atoms in total. The lowest BCUT2D eigenvalue weighted by molar-refractivity contribution is 0.0505. The summed E-state index contributed by atoms with van der Waals surface area (Å²) in [5, 5.41) is 3.81. The fraction of sp³-hybridized carbons (Fsp3) is 1.00. The van der Waals surface area contributed by atoms with Gasteiger partial charge in [-0.3, -0.25) is 4.90 Å². The number of likely N-dealkylation sites (tertiary alicyclic amines) is 1. The first kappa shape index (κ1) is 17.3. The van der Waals surface area contributed by atoms with Gasteiger partial charge in [-0.05, 0) is 63.5 Å². The van der Waals surface area contributed by atoms with Crippen molar-refractivity contribution in [2.24, 2.45) is 11.8 Å². The molecule has 0 aromatic carbocycles. The standard InChI is InChI=1S/C19H38N2/c1-5-17-10-8-7-9-13-21(17)19-14-16(15(3)4)11-12-18(19)20-6-2/h15-20H,5-14H2,1-4H3. The van der Waals surface area contributed by atoms with E-state index in [0.29, 0.717) is 0 Å². The minimum atomic E-state index is 0.733. The number of rotatable bonds is 5. The third kappa shape index (κ3) is 4.45. The van der Waals surface area contributed by atoms with Crippen LogP contribution in [-0.4, -0.2) is 36.1 Å². The SMILES string of the molecule is CCNC1CCC(C(C)C)CC1N1CCCCCC1CC. The molecule has 2 heteroatoms. The van der Waals surface area contributed by atoms with Crippen LogP contribution in [0.1, 0.15) is 79.1 Å². The van der Waals surface area contributed by atoms with Crippen molar-refractivity contribution in [1.82, 2.24) is 10.2 Å². The maximum absolute atomic E-state index is 3.81. The molecule has 1 saturated carbocycles. The molecule has 1 heterocycles. The third-order valence-electron chi connectivity index (χ3n) is 6.09. The highest BCUT2D eigenvalue weighted by molar-refractivity contribution is 4.94. The van der Waals surface area contributed by atoms with Gasteiger partial charge in [0, 0.05) is 18.1 Å². The third-order valence-corrected chi connectivity index (χ3v) is 6.09. The Labute approximate surface area is 133 Å². The monoisotopic (exact) mass is 294 g/mol. The van der Waals surface area contributed by atoms with Crippen LogP contribution in [0.5, 0.6) is 0 Å². The molecule has 0 amide bonds. The zero-order valence-corrected chi connectivity index (χ0v) is 14.9. The highest BCUT2D eigenvalue weighted by atomic mass is 15.2. The van der Waals surface area contributed by atoms with E-state index in [9.17, 15) is 0 Å². The van der Waals surface area contributed by atoms with Crippen LogP contribution in [0.25, 0.3) is 0 Å². The topological polar surface area (TPSA) is 15.3 Å². The van der Waals surface area contributed by atoms with Gasteiger partial charge in [-0.2, -0.15) is 0 Å². The second-order valence-corrected chi connectivity index (χ2v) is 7.70. The van der Waals surface area contributed by atoms with Gasteiger partial charge in [0.1, 0.15) is 0 Å². The number of nitrogens with one attached hydrogen (secondary N) is 1. The van der Waals surface area contributed by atoms with Gasteiger partial charge in [-0.15, -0.1) is 0 Å². The Kier molecular flexibility index (Phi) is 7.01. The van der Waals surface area contributed by atoms with Crippen molar-refractivity contribution >= 4 is 0 Å². The second kappa shape index (κ2) is 8.53. The molecule has 0 aromatic rings. The van der Waals surface area contributed by atoms with Crippen molar-refractivity contribution in [2.45, 2.75) is 97.2 Å². The lowest BCUT2D eigenvalue weighted by Gasteiger charge is -2.46. The van der Waals surface area contributed by atoms with E-state index in [-0.39, 0.29) is 0 Å². The Morgan fingerprint density at radius 1 is 1.05 bits per heavy atom. The average molecular weight is 295 g/mol. The largest absolute Gasteiger partial charge is 0.313 e. The Bertz CT molecular complexity index is 289. The van der Waals surface area contributed by atoms with Crippen LogP contribution in [0.15, 0.2) is 0 Å². The summed E-state index contributed by atoms with van der Waals surface area (Å²) in [6, 6.07) is 2.36. The molecule has 1 aliphatic heterocycles. The summed E-state index contributed by atoms with van der Waals surface area (Å²) in [4.78, 5) is 2.93. The van der Waals surface area contributed by atoms with Crippen LogP contribution < -0.4 is 5.32 Å². The maximum Gasteiger partial charge on any atom is 0.0255 e. The first-order chi connectivity index (χ1) is 10.2. The van der Waals surface area contributed by atoms with Crippen molar-refractivity contribution < 1.29 is 0 Å². The molecule has 0 bridgehead atoms. The van der Waals surface area contributed by atoms with Crippen LogP contribution >= 0.6 is 0 Å². The van der Waals surface area contributed by atoms with Crippen molar-refractivity contribution in [3.63, 3.8) is 0 Å². The molecule has 1 N–H and O–H groups in total. The summed E-state index contributed by atoms with van der Waals surface area (Å²) in [7, 11) is 0. The lowest BCUT2D eigenvalue weighted by atomic mass is 9.76. The van der Waals surface area contributed by atoms with E-state index in [1.165, 1.54) is 57.9 Å². The van der Waals surface area contributed by atoms with Crippen molar-refractivity contribution in [2.75, 3.05) is 13.1 Å². The fourth-order valence-corrected chi connectivity index (χ4v) is 4.73. The summed E-state index contributed by atoms with van der Waals surface area (Å²) >= 11 is 0. The Morgan fingerprint density at radius 3 is 2.52 bits per heavy atom. The van der Waals surface area contributed by atoms with E-state index in [4.69, 9.17) is 0 Å². The van der Waals surface area contributed by atoms with E-state index in [1.54, 1.807) is 0 Å². The van der Waals surface area contributed by atoms with E-state index < -0.39 is 0 Å². The molecule has 0 radical (unpaired) electrons. The van der Waals surface area contributed by atoms with Gasteiger partial charge in [0.2, 0.25) is 0 Å². The number of hydrogen-bond acceptors (Lipinski definition) is 2. The minimum Gasteiger partial charge on any atom is -0.313 e. The molecule has 0 spiro atoms. The molecule has 0 aromatic heterocycles. The molecule has 2 aliphatic rings. The van der Waals surface area contributed by atoms with Crippen LogP contribution in [-0.2, 0) is 0 Å². The minimum absolute atomic E-state index is 0.733. The maximum atomic E-state index is 3.81. The summed E-state index contributed by atoms with van der Waals surface area (Å²) in [5.41, 5.74) is 0. The normalized spacial score (nSPS) is 35.9. The number of likely N-dealkylation sites (N-methyl/N-ethyl adjacent to an activating group) is 1. The molecule has 124 valence electrons. The molecule has 21 heavy (non-hydrogen) atoms. The van der Waals surface area contributed by atoms with Gasteiger partial charge in [0.05, 0.1) is 0 Å². The van der Waals surface area contributed by atoms with Crippen LogP contribution in [0.4, 0.5) is 0 Å². The van der Waals surface area contributed by atoms with Crippen molar-refractivity contribution in [1.29, 1.82) is 0 Å². The quantitative estimate of drug-likeness (QED) is 0.806. The van der Waals surface area contributed by atoms with Gasteiger partial charge >= 0.3 is 0 Å². The van der Waals surface area contributed by atoms with E-state index in [2.05, 4.69) is 37.9 Å². The smallest absolute Gasteiger partial charge is 0.0255 e. The number of hydrogen-bond donors (Lipinski definition) is 1. The summed E-state index contributed by atoms with van der Waals surface area (Å²) in [6.07, 6.45) is 11.3. The first-order valence-electron chi connectivity index (χ1n) is 9.66. The summed E-state index contributed by atoms with van der Waals surface area (Å²) in [6.45, 7) is 12.0. The van der Waals surface area contributed by atoms with Gasteiger partial charge in [0.15, 0.2) is 0 Å². The van der Waals surface area contributed by atoms with Crippen molar-refractivity contribution in [3.8, 4) is 0 Å². The predicted octanol–water partition coefficient (Wildman–Crippen LogP) is 4.44. The average Bonchev–Trinajstić information content (AvgIpc) is 2.72. The summed E-state index contributed by atoms with van der Waals surface area (Å²) < 4.78 is 0. The molecule has 2 rings (SSSR count).